The van der Waals surface area contributed by atoms with Crippen LogP contribution in [0.15, 0.2) is 36.4 Å². The highest BCUT2D eigenvalue weighted by atomic mass is 19.1. The standard InChI is InChI=1S/C14H10F2O2/c1-18-11-4-5-12(14(16)7-11)9-2-3-10(8-17)13(15)6-9/h2-8H,1H3. The summed E-state index contributed by atoms with van der Waals surface area (Å²) < 4.78 is 32.1. The molecule has 2 aromatic rings. The Balaban J connectivity index is 2.48. The number of methoxy groups -OCH3 is 1. The molecule has 0 saturated heterocycles. The Morgan fingerprint density at radius 2 is 1.83 bits per heavy atom. The van der Waals surface area contributed by atoms with Crippen molar-refractivity contribution in [1.82, 2.24) is 0 Å². The summed E-state index contributed by atoms with van der Waals surface area (Å²) in [5, 5.41) is 0. The first-order valence-electron chi connectivity index (χ1n) is 5.24. The average Bonchev–Trinajstić information content (AvgIpc) is 2.38. The molecule has 0 N–H and O–H groups in total. The van der Waals surface area contributed by atoms with Gasteiger partial charge in [-0.2, -0.15) is 0 Å². The second-order valence-electron chi connectivity index (χ2n) is 3.70. The molecule has 0 heterocycles. The van der Waals surface area contributed by atoms with E-state index in [0.717, 1.165) is 6.07 Å². The summed E-state index contributed by atoms with van der Waals surface area (Å²) in [6.07, 6.45) is 0.420. The smallest absolute Gasteiger partial charge is 0.152 e. The van der Waals surface area contributed by atoms with E-state index in [2.05, 4.69) is 0 Å². The van der Waals surface area contributed by atoms with Crippen LogP contribution in [0.5, 0.6) is 5.75 Å². The average molecular weight is 248 g/mol. The van der Waals surface area contributed by atoms with Crippen LogP contribution in [-0.4, -0.2) is 13.4 Å². The van der Waals surface area contributed by atoms with Gasteiger partial charge in [0.1, 0.15) is 17.4 Å². The summed E-state index contributed by atoms with van der Waals surface area (Å²) >= 11 is 0. The minimum absolute atomic E-state index is 0.0485. The lowest BCUT2D eigenvalue weighted by Crippen LogP contribution is -1.91. The van der Waals surface area contributed by atoms with E-state index in [4.69, 9.17) is 4.74 Å². The highest BCUT2D eigenvalue weighted by molar-refractivity contribution is 5.77. The van der Waals surface area contributed by atoms with Crippen molar-refractivity contribution in [2.75, 3.05) is 7.11 Å². The molecule has 92 valence electrons. The number of hydrogen-bond acceptors (Lipinski definition) is 2. The first-order valence-corrected chi connectivity index (χ1v) is 5.24. The minimum Gasteiger partial charge on any atom is -0.497 e. The van der Waals surface area contributed by atoms with Crippen LogP contribution < -0.4 is 4.74 Å². The van der Waals surface area contributed by atoms with Crippen molar-refractivity contribution < 1.29 is 18.3 Å². The van der Waals surface area contributed by atoms with E-state index in [1.54, 1.807) is 6.07 Å². The minimum atomic E-state index is -0.669. The lowest BCUT2D eigenvalue weighted by Gasteiger charge is -2.06. The largest absolute Gasteiger partial charge is 0.497 e. The van der Waals surface area contributed by atoms with Gasteiger partial charge in [0, 0.05) is 11.6 Å². The van der Waals surface area contributed by atoms with Crippen molar-refractivity contribution in [2.24, 2.45) is 0 Å². The van der Waals surface area contributed by atoms with E-state index in [9.17, 15) is 13.6 Å². The molecule has 0 spiro atoms. The second kappa shape index (κ2) is 4.96. The Hall–Kier alpha value is -2.23. The van der Waals surface area contributed by atoms with E-state index < -0.39 is 11.6 Å². The number of carbonyl (C=O) groups excluding carboxylic acids is 1. The summed E-state index contributed by atoms with van der Waals surface area (Å²) in [6.45, 7) is 0. The van der Waals surface area contributed by atoms with Gasteiger partial charge in [0.15, 0.2) is 6.29 Å². The topological polar surface area (TPSA) is 26.3 Å². The Labute approximate surface area is 103 Å². The van der Waals surface area contributed by atoms with Gasteiger partial charge >= 0.3 is 0 Å². The fourth-order valence-corrected chi connectivity index (χ4v) is 1.65. The SMILES string of the molecule is COc1ccc(-c2ccc(C=O)c(F)c2)c(F)c1. The fraction of sp³-hybridized carbons (Fsp3) is 0.0714. The van der Waals surface area contributed by atoms with Crippen LogP contribution in [0.4, 0.5) is 8.78 Å². The molecule has 18 heavy (non-hydrogen) atoms. The van der Waals surface area contributed by atoms with E-state index >= 15 is 0 Å². The molecular formula is C14H10F2O2. The monoisotopic (exact) mass is 248 g/mol. The summed E-state index contributed by atoms with van der Waals surface area (Å²) in [7, 11) is 1.44. The van der Waals surface area contributed by atoms with Gasteiger partial charge in [-0.25, -0.2) is 8.78 Å². The number of benzene rings is 2. The molecule has 0 aromatic heterocycles. The molecule has 0 aliphatic heterocycles. The molecule has 0 aliphatic carbocycles. The molecule has 0 amide bonds. The predicted molar refractivity (Wildman–Crippen MR) is 63.7 cm³/mol. The zero-order valence-corrected chi connectivity index (χ0v) is 9.61. The van der Waals surface area contributed by atoms with Crippen molar-refractivity contribution in [1.29, 1.82) is 0 Å². The maximum absolute atomic E-state index is 13.8. The molecule has 0 unspecified atom stereocenters. The van der Waals surface area contributed by atoms with E-state index in [0.29, 0.717) is 17.6 Å². The molecule has 4 heteroatoms. The maximum atomic E-state index is 13.8. The van der Waals surface area contributed by atoms with Crippen LogP contribution in [0.25, 0.3) is 11.1 Å². The summed E-state index contributed by atoms with van der Waals surface area (Å²) in [4.78, 5) is 10.5. The molecule has 2 nitrogen and oxygen atoms in total. The van der Waals surface area contributed by atoms with Gasteiger partial charge in [0.25, 0.3) is 0 Å². The molecule has 0 aliphatic rings. The van der Waals surface area contributed by atoms with Crippen molar-refractivity contribution >= 4 is 6.29 Å². The van der Waals surface area contributed by atoms with Crippen LogP contribution in [0.3, 0.4) is 0 Å². The molecule has 0 bridgehead atoms. The summed E-state index contributed by atoms with van der Waals surface area (Å²) in [5.74, 6) is -0.786. The first-order chi connectivity index (χ1) is 8.65. The Morgan fingerprint density at radius 1 is 1.06 bits per heavy atom. The summed E-state index contributed by atoms with van der Waals surface area (Å²) in [5.41, 5.74) is 0.582. The third-order valence-corrected chi connectivity index (χ3v) is 2.61. The van der Waals surface area contributed by atoms with Crippen LogP contribution >= 0.6 is 0 Å². The Morgan fingerprint density at radius 3 is 2.39 bits per heavy atom. The molecule has 0 saturated carbocycles. The number of hydrogen-bond donors (Lipinski definition) is 0. The molecule has 2 aromatic carbocycles. The predicted octanol–water partition coefficient (Wildman–Crippen LogP) is 3.45. The number of rotatable bonds is 3. The van der Waals surface area contributed by atoms with Crippen LogP contribution in [0.1, 0.15) is 10.4 Å². The molecule has 0 fully saturated rings. The molecule has 0 radical (unpaired) electrons. The van der Waals surface area contributed by atoms with E-state index in [1.165, 1.54) is 31.4 Å². The number of halogens is 2. The van der Waals surface area contributed by atoms with Crippen LogP contribution in [0, 0.1) is 11.6 Å². The van der Waals surface area contributed by atoms with Crippen LogP contribution in [-0.2, 0) is 0 Å². The van der Waals surface area contributed by atoms with Gasteiger partial charge in [-0.1, -0.05) is 6.07 Å². The third kappa shape index (κ3) is 2.22. The number of ether oxygens (including phenoxy) is 1. The van der Waals surface area contributed by atoms with Gasteiger partial charge < -0.3 is 4.74 Å². The first kappa shape index (κ1) is 12.2. The molecule has 0 atom stereocenters. The number of carbonyl (C=O) groups is 1. The highest BCUT2D eigenvalue weighted by Crippen LogP contribution is 2.27. The van der Waals surface area contributed by atoms with Gasteiger partial charge in [-0.05, 0) is 29.8 Å². The Bertz CT molecular complexity index is 594. The normalized spacial score (nSPS) is 10.2. The van der Waals surface area contributed by atoms with E-state index in [-0.39, 0.29) is 11.1 Å². The van der Waals surface area contributed by atoms with Crippen molar-refractivity contribution in [3.63, 3.8) is 0 Å². The van der Waals surface area contributed by atoms with Gasteiger partial charge in [0.2, 0.25) is 0 Å². The second-order valence-corrected chi connectivity index (χ2v) is 3.70. The maximum Gasteiger partial charge on any atom is 0.152 e. The van der Waals surface area contributed by atoms with E-state index in [1.807, 2.05) is 0 Å². The zero-order chi connectivity index (χ0) is 13.1. The molecular weight excluding hydrogens is 238 g/mol. The van der Waals surface area contributed by atoms with Crippen LogP contribution in [0.2, 0.25) is 0 Å². The van der Waals surface area contributed by atoms with Crippen molar-refractivity contribution in [3.05, 3.63) is 53.6 Å². The highest BCUT2D eigenvalue weighted by Gasteiger charge is 2.09. The Kier molecular flexibility index (Phi) is 3.37. The van der Waals surface area contributed by atoms with Gasteiger partial charge in [-0.15, -0.1) is 0 Å². The van der Waals surface area contributed by atoms with Crippen molar-refractivity contribution in [2.45, 2.75) is 0 Å². The van der Waals surface area contributed by atoms with Crippen molar-refractivity contribution in [3.8, 4) is 16.9 Å². The van der Waals surface area contributed by atoms with Gasteiger partial charge in [-0.3, -0.25) is 4.79 Å². The molecule has 2 rings (SSSR count). The zero-order valence-electron chi connectivity index (χ0n) is 9.61. The fourth-order valence-electron chi connectivity index (χ4n) is 1.65. The number of aldehydes is 1. The lowest BCUT2D eigenvalue weighted by atomic mass is 10.0. The quantitative estimate of drug-likeness (QED) is 0.777. The summed E-state index contributed by atoms with van der Waals surface area (Å²) in [6, 6.07) is 8.27. The lowest BCUT2D eigenvalue weighted by molar-refractivity contribution is 0.112. The van der Waals surface area contributed by atoms with Gasteiger partial charge in [0.05, 0.1) is 12.7 Å². The third-order valence-electron chi connectivity index (χ3n) is 2.61.